The van der Waals surface area contributed by atoms with Crippen LogP contribution in [0, 0.1) is 16.0 Å². The summed E-state index contributed by atoms with van der Waals surface area (Å²) in [4.78, 5) is 40.1. The Labute approximate surface area is 203 Å². The van der Waals surface area contributed by atoms with Crippen molar-refractivity contribution in [1.82, 2.24) is 4.90 Å². The molecule has 9 heteroatoms. The minimum absolute atomic E-state index is 0.0701. The summed E-state index contributed by atoms with van der Waals surface area (Å²) in [7, 11) is 0. The van der Waals surface area contributed by atoms with Gasteiger partial charge < -0.3 is 20.0 Å². The van der Waals surface area contributed by atoms with Crippen LogP contribution in [0.15, 0.2) is 60.7 Å². The lowest BCUT2D eigenvalue weighted by Crippen LogP contribution is -2.44. The molecule has 184 valence electrons. The van der Waals surface area contributed by atoms with Crippen molar-refractivity contribution >= 4 is 23.2 Å². The van der Waals surface area contributed by atoms with Crippen LogP contribution in [0.5, 0.6) is 0 Å². The first kappa shape index (κ1) is 24.6. The van der Waals surface area contributed by atoms with Gasteiger partial charge in [-0.2, -0.15) is 0 Å². The number of hydrogen-bond donors (Lipinski definition) is 2. The standard InChI is InChI=1S/C26H29N3O6/c1-18(7-5-11-24(31)27-14-6-10-21(27)17-30)26(33)22-15-20(29(34)35)12-13-23(22)28(25(26)32)16-19-8-3-2-4-9-19/h2-5,7-9,12-13,15,18,21,30,33H,6,10-11,14,16-17H2,1H3/b7-5+/t18-,21-,26+/m0/s1. The molecule has 1 saturated heterocycles. The molecule has 0 saturated carbocycles. The number of carbonyl (C=O) groups excluding carboxylic acids is 2. The fraction of sp³-hybridized carbons (Fsp3) is 0.385. The van der Waals surface area contributed by atoms with Gasteiger partial charge in [0.25, 0.3) is 11.6 Å². The highest BCUT2D eigenvalue weighted by Crippen LogP contribution is 2.47. The van der Waals surface area contributed by atoms with Gasteiger partial charge in [0.05, 0.1) is 29.8 Å². The molecule has 0 unspecified atom stereocenters. The van der Waals surface area contributed by atoms with Crippen LogP contribution in [0.4, 0.5) is 11.4 Å². The van der Waals surface area contributed by atoms with Gasteiger partial charge in [-0.15, -0.1) is 0 Å². The minimum Gasteiger partial charge on any atom is -0.394 e. The predicted molar refractivity (Wildman–Crippen MR) is 129 cm³/mol. The maximum Gasteiger partial charge on any atom is 0.269 e. The second-order valence-corrected chi connectivity index (χ2v) is 9.09. The summed E-state index contributed by atoms with van der Waals surface area (Å²) in [6.45, 7) is 2.38. The zero-order valence-corrected chi connectivity index (χ0v) is 19.5. The summed E-state index contributed by atoms with van der Waals surface area (Å²) < 4.78 is 0. The summed E-state index contributed by atoms with van der Waals surface area (Å²) in [5, 5.41) is 32.6. The van der Waals surface area contributed by atoms with Gasteiger partial charge in [0.15, 0.2) is 5.60 Å². The molecular weight excluding hydrogens is 450 g/mol. The van der Waals surface area contributed by atoms with Gasteiger partial charge in [-0.05, 0) is 24.5 Å². The number of nitro groups is 1. The van der Waals surface area contributed by atoms with Crippen molar-refractivity contribution in [1.29, 1.82) is 0 Å². The zero-order chi connectivity index (χ0) is 25.2. The monoisotopic (exact) mass is 479 g/mol. The highest BCUT2D eigenvalue weighted by molar-refractivity contribution is 6.07. The van der Waals surface area contributed by atoms with Crippen LogP contribution in [0.2, 0.25) is 0 Å². The highest BCUT2D eigenvalue weighted by Gasteiger charge is 2.53. The Morgan fingerprint density at radius 1 is 1.29 bits per heavy atom. The van der Waals surface area contributed by atoms with Crippen molar-refractivity contribution in [3.63, 3.8) is 0 Å². The Bertz CT molecular complexity index is 1150. The van der Waals surface area contributed by atoms with Crippen molar-refractivity contribution in [3.05, 3.63) is 81.9 Å². The molecule has 2 aromatic rings. The fourth-order valence-corrected chi connectivity index (χ4v) is 4.95. The molecule has 1 fully saturated rings. The molecule has 2 heterocycles. The normalized spacial score (nSPS) is 22.6. The lowest BCUT2D eigenvalue weighted by atomic mass is 9.82. The molecule has 0 aliphatic carbocycles. The first-order chi connectivity index (χ1) is 16.8. The lowest BCUT2D eigenvalue weighted by molar-refractivity contribution is -0.385. The van der Waals surface area contributed by atoms with Crippen molar-refractivity contribution in [2.24, 2.45) is 5.92 Å². The van der Waals surface area contributed by atoms with E-state index in [4.69, 9.17) is 0 Å². The molecule has 0 aromatic heterocycles. The Balaban J connectivity index is 1.60. The molecule has 9 nitrogen and oxygen atoms in total. The number of carbonyl (C=O) groups is 2. The number of aliphatic hydroxyl groups is 2. The van der Waals surface area contributed by atoms with Crippen LogP contribution in [-0.4, -0.2) is 51.0 Å². The molecule has 0 spiro atoms. The number of hydrogen-bond acceptors (Lipinski definition) is 6. The molecule has 35 heavy (non-hydrogen) atoms. The fourth-order valence-electron chi connectivity index (χ4n) is 4.95. The Hall–Kier alpha value is -3.56. The van der Waals surface area contributed by atoms with Crippen molar-refractivity contribution in [3.8, 4) is 0 Å². The quantitative estimate of drug-likeness (QED) is 0.341. The van der Waals surface area contributed by atoms with E-state index in [1.54, 1.807) is 24.0 Å². The summed E-state index contributed by atoms with van der Waals surface area (Å²) in [6, 6.07) is 13.2. The summed E-state index contributed by atoms with van der Waals surface area (Å²) >= 11 is 0. The molecule has 2 aromatic carbocycles. The van der Waals surface area contributed by atoms with E-state index in [2.05, 4.69) is 0 Å². The molecule has 3 atom stereocenters. The number of amides is 2. The number of rotatable bonds is 8. The second kappa shape index (κ2) is 9.97. The second-order valence-electron chi connectivity index (χ2n) is 9.09. The molecule has 2 aliphatic rings. The van der Waals surface area contributed by atoms with Gasteiger partial charge in [0.1, 0.15) is 0 Å². The summed E-state index contributed by atoms with van der Waals surface area (Å²) in [6.07, 6.45) is 4.90. The first-order valence-corrected chi connectivity index (χ1v) is 11.7. The van der Waals surface area contributed by atoms with Crippen LogP contribution >= 0.6 is 0 Å². The highest BCUT2D eigenvalue weighted by atomic mass is 16.6. The van der Waals surface area contributed by atoms with Crippen LogP contribution in [0.3, 0.4) is 0 Å². The van der Waals surface area contributed by atoms with Crippen LogP contribution < -0.4 is 4.90 Å². The van der Waals surface area contributed by atoms with E-state index in [0.29, 0.717) is 12.2 Å². The smallest absolute Gasteiger partial charge is 0.269 e. The largest absolute Gasteiger partial charge is 0.394 e. The molecule has 0 radical (unpaired) electrons. The average molecular weight is 480 g/mol. The Morgan fingerprint density at radius 3 is 2.71 bits per heavy atom. The molecule has 2 N–H and O–H groups in total. The van der Waals surface area contributed by atoms with E-state index in [9.17, 15) is 29.9 Å². The number of likely N-dealkylation sites (tertiary alicyclic amines) is 1. The van der Waals surface area contributed by atoms with Crippen LogP contribution in [0.25, 0.3) is 0 Å². The number of nitro benzene ring substituents is 1. The van der Waals surface area contributed by atoms with E-state index < -0.39 is 22.3 Å². The van der Waals surface area contributed by atoms with Gasteiger partial charge >= 0.3 is 0 Å². The first-order valence-electron chi connectivity index (χ1n) is 11.7. The van der Waals surface area contributed by atoms with Crippen molar-refractivity contribution in [2.45, 2.75) is 44.4 Å². The number of aliphatic hydroxyl groups excluding tert-OH is 1. The average Bonchev–Trinajstić information content (AvgIpc) is 3.42. The van der Waals surface area contributed by atoms with Gasteiger partial charge in [-0.25, -0.2) is 0 Å². The van der Waals surface area contributed by atoms with Gasteiger partial charge in [0, 0.05) is 36.6 Å². The van der Waals surface area contributed by atoms with E-state index in [1.165, 1.54) is 23.1 Å². The maximum absolute atomic E-state index is 13.6. The molecular formula is C26H29N3O6. The zero-order valence-electron chi connectivity index (χ0n) is 19.5. The van der Waals surface area contributed by atoms with E-state index in [-0.39, 0.29) is 42.8 Å². The number of fused-ring (bicyclic) bond motifs is 1. The topological polar surface area (TPSA) is 124 Å². The molecule has 2 amide bonds. The third-order valence-corrected chi connectivity index (χ3v) is 6.93. The predicted octanol–water partition coefficient (Wildman–Crippen LogP) is 2.89. The van der Waals surface area contributed by atoms with Crippen LogP contribution in [-0.2, 0) is 21.7 Å². The van der Waals surface area contributed by atoms with E-state index >= 15 is 0 Å². The third-order valence-electron chi connectivity index (χ3n) is 6.93. The Morgan fingerprint density at radius 2 is 2.03 bits per heavy atom. The Kier molecular flexibility index (Phi) is 7.00. The number of benzene rings is 2. The van der Waals surface area contributed by atoms with Gasteiger partial charge in [-0.3, -0.25) is 19.7 Å². The summed E-state index contributed by atoms with van der Waals surface area (Å²) in [5.74, 6) is -1.45. The molecule has 0 bridgehead atoms. The molecule has 4 rings (SSSR count). The van der Waals surface area contributed by atoms with Crippen molar-refractivity contribution < 1.29 is 24.7 Å². The van der Waals surface area contributed by atoms with Crippen LogP contribution in [0.1, 0.15) is 37.3 Å². The SMILES string of the molecule is C[C@@H](/C=C/CC(=O)N1CCC[C@H]1CO)[C@]1(O)C(=O)N(Cc2ccccc2)c2ccc([N+](=O)[O-])cc21. The lowest BCUT2D eigenvalue weighted by Gasteiger charge is -2.28. The van der Waals surface area contributed by atoms with Crippen molar-refractivity contribution in [2.75, 3.05) is 18.1 Å². The van der Waals surface area contributed by atoms with E-state index in [1.807, 2.05) is 30.3 Å². The maximum atomic E-state index is 13.6. The third kappa shape index (κ3) is 4.56. The number of anilines is 1. The minimum atomic E-state index is -2.02. The number of nitrogens with zero attached hydrogens (tertiary/aromatic N) is 3. The number of non-ortho nitro benzene ring substituents is 1. The van der Waals surface area contributed by atoms with Gasteiger partial charge in [-0.1, -0.05) is 49.4 Å². The van der Waals surface area contributed by atoms with E-state index in [0.717, 1.165) is 18.4 Å². The van der Waals surface area contributed by atoms with Gasteiger partial charge in [0.2, 0.25) is 5.91 Å². The summed E-state index contributed by atoms with van der Waals surface area (Å²) in [5.41, 5.74) is -0.780. The molecule has 2 aliphatic heterocycles.